The predicted molar refractivity (Wildman–Crippen MR) is 78.1 cm³/mol. The highest BCUT2D eigenvalue weighted by Crippen LogP contribution is 2.33. The summed E-state index contributed by atoms with van der Waals surface area (Å²) in [5, 5.41) is 18.1. The van der Waals surface area contributed by atoms with Gasteiger partial charge in [-0.25, -0.2) is 4.79 Å². The van der Waals surface area contributed by atoms with Crippen molar-refractivity contribution in [1.29, 1.82) is 5.26 Å². The zero-order valence-electron chi connectivity index (χ0n) is 11.2. The minimum absolute atomic E-state index is 0.208. The molecule has 0 aromatic heterocycles. The van der Waals surface area contributed by atoms with Crippen LogP contribution in [0.2, 0.25) is 0 Å². The van der Waals surface area contributed by atoms with Gasteiger partial charge in [0.2, 0.25) is 0 Å². The molecule has 2 aromatic carbocycles. The fourth-order valence-corrected chi connectivity index (χ4v) is 1.96. The lowest BCUT2D eigenvalue weighted by atomic mass is 10.0. The average molecular weight is 282 g/mol. The SMILES string of the molecule is N#Cc1cccc(-c2ccc(C(=O)O)cc2)c1OCCN. The van der Waals surface area contributed by atoms with Gasteiger partial charge in [-0.2, -0.15) is 5.26 Å². The molecule has 0 radical (unpaired) electrons. The molecular formula is C16H14N2O3. The molecular weight excluding hydrogens is 268 g/mol. The molecule has 2 rings (SSSR count). The predicted octanol–water partition coefficient (Wildman–Crippen LogP) is 2.26. The normalized spacial score (nSPS) is 9.90. The van der Waals surface area contributed by atoms with E-state index < -0.39 is 5.97 Å². The first-order chi connectivity index (χ1) is 10.2. The Labute approximate surface area is 122 Å². The highest BCUT2D eigenvalue weighted by atomic mass is 16.5. The van der Waals surface area contributed by atoms with Gasteiger partial charge >= 0.3 is 5.97 Å². The van der Waals surface area contributed by atoms with Gasteiger partial charge in [-0.1, -0.05) is 24.3 Å². The van der Waals surface area contributed by atoms with E-state index in [1.807, 2.05) is 6.07 Å². The summed E-state index contributed by atoms with van der Waals surface area (Å²) in [7, 11) is 0. The van der Waals surface area contributed by atoms with Crippen LogP contribution in [0.25, 0.3) is 11.1 Å². The van der Waals surface area contributed by atoms with Gasteiger partial charge in [-0.3, -0.25) is 0 Å². The van der Waals surface area contributed by atoms with Gasteiger partial charge in [0, 0.05) is 12.1 Å². The molecule has 5 nitrogen and oxygen atoms in total. The van der Waals surface area contributed by atoms with E-state index in [9.17, 15) is 4.79 Å². The average Bonchev–Trinajstić information content (AvgIpc) is 2.52. The Morgan fingerprint density at radius 2 is 1.95 bits per heavy atom. The smallest absolute Gasteiger partial charge is 0.335 e. The summed E-state index contributed by atoms with van der Waals surface area (Å²) in [5.41, 5.74) is 7.58. The Morgan fingerprint density at radius 1 is 1.24 bits per heavy atom. The number of nitrogens with two attached hydrogens (primary N) is 1. The Balaban J connectivity index is 2.47. The lowest BCUT2D eigenvalue weighted by molar-refractivity contribution is 0.0697. The Morgan fingerprint density at radius 3 is 2.52 bits per heavy atom. The number of carboxylic acids is 1. The monoisotopic (exact) mass is 282 g/mol. The van der Waals surface area contributed by atoms with E-state index in [1.165, 1.54) is 12.1 Å². The van der Waals surface area contributed by atoms with Crippen LogP contribution in [0.5, 0.6) is 5.75 Å². The van der Waals surface area contributed by atoms with Crippen molar-refractivity contribution in [3.63, 3.8) is 0 Å². The summed E-state index contributed by atoms with van der Waals surface area (Å²) in [4.78, 5) is 10.9. The number of benzene rings is 2. The Kier molecular flexibility index (Phi) is 4.54. The van der Waals surface area contributed by atoms with Crippen LogP contribution in [0.1, 0.15) is 15.9 Å². The van der Waals surface area contributed by atoms with Gasteiger partial charge in [-0.15, -0.1) is 0 Å². The molecule has 0 aliphatic carbocycles. The van der Waals surface area contributed by atoms with E-state index in [1.54, 1.807) is 24.3 Å². The molecule has 0 aliphatic heterocycles. The largest absolute Gasteiger partial charge is 0.490 e. The number of aromatic carboxylic acids is 1. The highest BCUT2D eigenvalue weighted by Gasteiger charge is 2.12. The van der Waals surface area contributed by atoms with Crippen LogP contribution in [0.3, 0.4) is 0 Å². The summed E-state index contributed by atoms with van der Waals surface area (Å²) >= 11 is 0. The van der Waals surface area contributed by atoms with Crippen LogP contribution >= 0.6 is 0 Å². The fraction of sp³-hybridized carbons (Fsp3) is 0.125. The van der Waals surface area contributed by atoms with Gasteiger partial charge in [0.15, 0.2) is 0 Å². The van der Waals surface area contributed by atoms with Crippen molar-refractivity contribution in [2.45, 2.75) is 0 Å². The lowest BCUT2D eigenvalue weighted by Crippen LogP contribution is -2.11. The quantitative estimate of drug-likeness (QED) is 0.876. The second kappa shape index (κ2) is 6.55. The lowest BCUT2D eigenvalue weighted by Gasteiger charge is -2.12. The number of ether oxygens (including phenoxy) is 1. The van der Waals surface area contributed by atoms with Crippen LogP contribution in [0.4, 0.5) is 0 Å². The third kappa shape index (κ3) is 3.19. The molecule has 0 heterocycles. The van der Waals surface area contributed by atoms with E-state index in [0.29, 0.717) is 24.5 Å². The molecule has 0 aliphatic rings. The molecule has 0 fully saturated rings. The third-order valence-electron chi connectivity index (χ3n) is 2.94. The van der Waals surface area contributed by atoms with E-state index in [0.717, 1.165) is 11.1 Å². The molecule has 0 unspecified atom stereocenters. The molecule has 21 heavy (non-hydrogen) atoms. The summed E-state index contributed by atoms with van der Waals surface area (Å²) in [6.45, 7) is 0.649. The summed E-state index contributed by atoms with van der Waals surface area (Å²) in [6, 6.07) is 13.7. The maximum Gasteiger partial charge on any atom is 0.335 e. The first-order valence-electron chi connectivity index (χ1n) is 6.37. The van der Waals surface area contributed by atoms with Crippen LogP contribution < -0.4 is 10.5 Å². The second-order valence-corrected chi connectivity index (χ2v) is 4.31. The molecule has 0 bridgehead atoms. The van der Waals surface area contributed by atoms with Crippen molar-refractivity contribution in [2.75, 3.05) is 13.2 Å². The molecule has 3 N–H and O–H groups in total. The maximum absolute atomic E-state index is 10.9. The first-order valence-corrected chi connectivity index (χ1v) is 6.37. The van der Waals surface area contributed by atoms with Crippen molar-refractivity contribution in [3.05, 3.63) is 53.6 Å². The molecule has 0 saturated carbocycles. The number of nitrogens with zero attached hydrogens (tertiary/aromatic N) is 1. The highest BCUT2D eigenvalue weighted by molar-refractivity contribution is 5.88. The maximum atomic E-state index is 10.9. The van der Waals surface area contributed by atoms with Crippen LogP contribution in [0.15, 0.2) is 42.5 Å². The number of carbonyl (C=O) groups is 1. The minimum Gasteiger partial charge on any atom is -0.490 e. The van der Waals surface area contributed by atoms with E-state index in [-0.39, 0.29) is 5.56 Å². The van der Waals surface area contributed by atoms with Crippen LogP contribution in [-0.2, 0) is 0 Å². The summed E-state index contributed by atoms with van der Waals surface area (Å²) in [5.74, 6) is -0.513. The van der Waals surface area contributed by atoms with Crippen molar-refractivity contribution < 1.29 is 14.6 Å². The Bertz CT molecular complexity index is 688. The standard InChI is InChI=1S/C16H14N2O3/c17-8-9-21-15-13(10-18)2-1-3-14(15)11-4-6-12(7-5-11)16(19)20/h1-7H,8-9,17H2,(H,19,20). The number of nitriles is 1. The summed E-state index contributed by atoms with van der Waals surface area (Å²) in [6.07, 6.45) is 0. The molecule has 0 amide bonds. The van der Waals surface area contributed by atoms with Crippen molar-refractivity contribution in [3.8, 4) is 22.9 Å². The minimum atomic E-state index is -0.980. The third-order valence-corrected chi connectivity index (χ3v) is 2.94. The zero-order chi connectivity index (χ0) is 15.2. The van der Waals surface area contributed by atoms with E-state index in [2.05, 4.69) is 6.07 Å². The number of para-hydroxylation sites is 1. The van der Waals surface area contributed by atoms with Gasteiger partial charge in [0.25, 0.3) is 0 Å². The van der Waals surface area contributed by atoms with Crippen LogP contribution in [0, 0.1) is 11.3 Å². The van der Waals surface area contributed by atoms with Gasteiger partial charge in [0.05, 0.1) is 11.1 Å². The Hall–Kier alpha value is -2.84. The van der Waals surface area contributed by atoms with E-state index >= 15 is 0 Å². The number of rotatable bonds is 5. The molecule has 0 atom stereocenters. The fourth-order valence-electron chi connectivity index (χ4n) is 1.96. The molecule has 5 heteroatoms. The van der Waals surface area contributed by atoms with E-state index in [4.69, 9.17) is 20.8 Å². The van der Waals surface area contributed by atoms with Gasteiger partial charge in [-0.05, 0) is 23.8 Å². The topological polar surface area (TPSA) is 96.3 Å². The molecule has 0 saturated heterocycles. The zero-order valence-corrected chi connectivity index (χ0v) is 11.2. The van der Waals surface area contributed by atoms with Crippen LogP contribution in [-0.4, -0.2) is 24.2 Å². The van der Waals surface area contributed by atoms with Crippen molar-refractivity contribution in [1.82, 2.24) is 0 Å². The first kappa shape index (κ1) is 14.6. The number of carboxylic acid groups (broad SMARTS) is 1. The molecule has 106 valence electrons. The molecule has 2 aromatic rings. The number of hydrogen-bond donors (Lipinski definition) is 2. The summed E-state index contributed by atoms with van der Waals surface area (Å²) < 4.78 is 5.58. The van der Waals surface area contributed by atoms with Gasteiger partial charge < -0.3 is 15.6 Å². The number of hydrogen-bond acceptors (Lipinski definition) is 4. The second-order valence-electron chi connectivity index (χ2n) is 4.31. The van der Waals surface area contributed by atoms with Crippen molar-refractivity contribution in [2.24, 2.45) is 5.73 Å². The van der Waals surface area contributed by atoms with Gasteiger partial charge in [0.1, 0.15) is 18.4 Å². The van der Waals surface area contributed by atoms with Crippen molar-refractivity contribution >= 4 is 5.97 Å². The molecule has 0 spiro atoms.